The number of anilines is 2. The van der Waals surface area contributed by atoms with E-state index in [0.717, 1.165) is 56.1 Å². The number of benzene rings is 2. The highest BCUT2D eigenvalue weighted by Gasteiger charge is 2.12. The highest BCUT2D eigenvalue weighted by molar-refractivity contribution is 5.92. The Balaban J connectivity index is 1.97. The van der Waals surface area contributed by atoms with Crippen LogP contribution in [-0.4, -0.2) is 48.4 Å². The SMILES string of the molecule is CCN(CC)CCCN(CC(=O)Nc1cccc(C)c1)Cc1ccc(N)cc1. The first-order chi connectivity index (χ1) is 13.5. The lowest BCUT2D eigenvalue weighted by Crippen LogP contribution is -2.35. The number of aryl methyl sites for hydroxylation is 1. The topological polar surface area (TPSA) is 61.6 Å². The summed E-state index contributed by atoms with van der Waals surface area (Å²) in [5.41, 5.74) is 9.71. The van der Waals surface area contributed by atoms with E-state index in [1.165, 1.54) is 5.56 Å². The lowest BCUT2D eigenvalue weighted by Gasteiger charge is -2.24. The molecule has 0 fully saturated rings. The average Bonchev–Trinajstić information content (AvgIpc) is 2.67. The third-order valence-corrected chi connectivity index (χ3v) is 4.90. The first kappa shape index (κ1) is 21.9. The van der Waals surface area contributed by atoms with E-state index in [2.05, 4.69) is 29.0 Å². The van der Waals surface area contributed by atoms with Gasteiger partial charge >= 0.3 is 0 Å². The van der Waals surface area contributed by atoms with Crippen LogP contribution >= 0.6 is 0 Å². The average molecular weight is 383 g/mol. The zero-order chi connectivity index (χ0) is 20.4. The predicted octanol–water partition coefficient (Wildman–Crippen LogP) is 3.75. The van der Waals surface area contributed by atoms with Crippen molar-refractivity contribution in [2.24, 2.45) is 0 Å². The van der Waals surface area contributed by atoms with Crippen LogP contribution in [0.4, 0.5) is 11.4 Å². The van der Waals surface area contributed by atoms with Crippen molar-refractivity contribution in [3.05, 3.63) is 59.7 Å². The molecule has 0 aliphatic rings. The third-order valence-electron chi connectivity index (χ3n) is 4.90. The lowest BCUT2D eigenvalue weighted by molar-refractivity contribution is -0.117. The highest BCUT2D eigenvalue weighted by atomic mass is 16.2. The van der Waals surface area contributed by atoms with Crippen molar-refractivity contribution < 1.29 is 4.79 Å². The van der Waals surface area contributed by atoms with Gasteiger partial charge in [-0.2, -0.15) is 0 Å². The van der Waals surface area contributed by atoms with Crippen molar-refractivity contribution in [2.45, 2.75) is 33.7 Å². The monoisotopic (exact) mass is 382 g/mol. The molecule has 2 rings (SSSR count). The van der Waals surface area contributed by atoms with Gasteiger partial charge in [-0.05, 0) is 68.4 Å². The zero-order valence-electron chi connectivity index (χ0n) is 17.4. The summed E-state index contributed by atoms with van der Waals surface area (Å²) in [6, 6.07) is 15.8. The summed E-state index contributed by atoms with van der Waals surface area (Å²) >= 11 is 0. The van der Waals surface area contributed by atoms with Crippen molar-refractivity contribution in [3.8, 4) is 0 Å². The molecule has 0 bridgehead atoms. The molecule has 152 valence electrons. The summed E-state index contributed by atoms with van der Waals surface area (Å²) in [7, 11) is 0. The second-order valence-corrected chi connectivity index (χ2v) is 7.25. The Morgan fingerprint density at radius 3 is 2.32 bits per heavy atom. The number of rotatable bonds is 11. The molecule has 3 N–H and O–H groups in total. The smallest absolute Gasteiger partial charge is 0.238 e. The minimum absolute atomic E-state index is 0.0175. The maximum atomic E-state index is 12.6. The van der Waals surface area contributed by atoms with Crippen LogP contribution in [0.5, 0.6) is 0 Å². The Kier molecular flexibility index (Phi) is 8.98. The molecule has 2 aromatic rings. The molecule has 5 nitrogen and oxygen atoms in total. The number of carbonyl (C=O) groups excluding carboxylic acids is 1. The molecule has 5 heteroatoms. The molecular formula is C23H34N4O. The Morgan fingerprint density at radius 1 is 1.00 bits per heavy atom. The Hall–Kier alpha value is -2.37. The van der Waals surface area contributed by atoms with Crippen LogP contribution < -0.4 is 11.1 Å². The Bertz CT molecular complexity index is 726. The van der Waals surface area contributed by atoms with Crippen LogP contribution in [0.1, 0.15) is 31.4 Å². The first-order valence-corrected chi connectivity index (χ1v) is 10.2. The fraction of sp³-hybridized carbons (Fsp3) is 0.435. The van der Waals surface area contributed by atoms with Gasteiger partial charge in [0.25, 0.3) is 0 Å². The van der Waals surface area contributed by atoms with Crippen LogP contribution in [0.25, 0.3) is 0 Å². The summed E-state index contributed by atoms with van der Waals surface area (Å²) in [5, 5.41) is 3.02. The van der Waals surface area contributed by atoms with Crippen LogP contribution in [-0.2, 0) is 11.3 Å². The van der Waals surface area contributed by atoms with Gasteiger partial charge in [0, 0.05) is 24.5 Å². The number of hydrogen-bond donors (Lipinski definition) is 2. The summed E-state index contributed by atoms with van der Waals surface area (Å²) < 4.78 is 0. The van der Waals surface area contributed by atoms with E-state index in [1.54, 1.807) is 0 Å². The Morgan fingerprint density at radius 2 is 1.68 bits per heavy atom. The van der Waals surface area contributed by atoms with E-state index in [4.69, 9.17) is 5.73 Å². The number of nitrogens with two attached hydrogens (primary N) is 1. The maximum absolute atomic E-state index is 12.6. The molecule has 0 spiro atoms. The van der Waals surface area contributed by atoms with E-state index >= 15 is 0 Å². The van der Waals surface area contributed by atoms with Crippen molar-refractivity contribution in [3.63, 3.8) is 0 Å². The number of amides is 1. The van der Waals surface area contributed by atoms with Crippen molar-refractivity contribution in [1.82, 2.24) is 9.80 Å². The van der Waals surface area contributed by atoms with Gasteiger partial charge in [0.05, 0.1) is 6.54 Å². The second-order valence-electron chi connectivity index (χ2n) is 7.25. The zero-order valence-corrected chi connectivity index (χ0v) is 17.4. The number of nitrogens with zero attached hydrogens (tertiary/aromatic N) is 2. The minimum Gasteiger partial charge on any atom is -0.399 e. The maximum Gasteiger partial charge on any atom is 0.238 e. The van der Waals surface area contributed by atoms with Gasteiger partial charge in [0.1, 0.15) is 0 Å². The first-order valence-electron chi connectivity index (χ1n) is 10.2. The summed E-state index contributed by atoms with van der Waals surface area (Å²) in [6.45, 7) is 11.5. The van der Waals surface area contributed by atoms with Crippen LogP contribution in [0.3, 0.4) is 0 Å². The van der Waals surface area contributed by atoms with Crippen molar-refractivity contribution in [2.75, 3.05) is 43.8 Å². The molecule has 0 unspecified atom stereocenters. The van der Waals surface area contributed by atoms with Gasteiger partial charge < -0.3 is 16.0 Å². The molecule has 0 heterocycles. The summed E-state index contributed by atoms with van der Waals surface area (Å²) in [4.78, 5) is 17.2. The molecule has 0 atom stereocenters. The Labute approximate surface area is 169 Å². The highest BCUT2D eigenvalue weighted by Crippen LogP contribution is 2.12. The van der Waals surface area contributed by atoms with Gasteiger partial charge in [0.15, 0.2) is 0 Å². The van der Waals surface area contributed by atoms with Gasteiger partial charge in [0.2, 0.25) is 5.91 Å². The van der Waals surface area contributed by atoms with Gasteiger partial charge in [-0.1, -0.05) is 38.1 Å². The van der Waals surface area contributed by atoms with Crippen molar-refractivity contribution in [1.29, 1.82) is 0 Å². The number of hydrogen-bond acceptors (Lipinski definition) is 4. The number of nitrogens with one attached hydrogen (secondary N) is 1. The van der Waals surface area contributed by atoms with Crippen LogP contribution in [0.2, 0.25) is 0 Å². The minimum atomic E-state index is 0.0175. The fourth-order valence-corrected chi connectivity index (χ4v) is 3.28. The van der Waals surface area contributed by atoms with Gasteiger partial charge in [-0.3, -0.25) is 9.69 Å². The normalized spacial score (nSPS) is 11.2. The largest absolute Gasteiger partial charge is 0.399 e. The molecular weight excluding hydrogens is 348 g/mol. The molecule has 1 amide bonds. The number of carbonyl (C=O) groups is 1. The van der Waals surface area contributed by atoms with E-state index in [0.29, 0.717) is 6.54 Å². The standard InChI is InChI=1S/C23H34N4O/c1-4-26(5-2)14-7-15-27(17-20-10-12-21(24)13-11-20)18-23(28)25-22-9-6-8-19(3)16-22/h6,8-13,16H,4-5,7,14-15,17-18,24H2,1-3H3,(H,25,28). The van der Waals surface area contributed by atoms with E-state index < -0.39 is 0 Å². The number of nitrogen functional groups attached to an aromatic ring is 1. The molecule has 0 saturated carbocycles. The summed E-state index contributed by atoms with van der Waals surface area (Å²) in [6.07, 6.45) is 1.04. The van der Waals surface area contributed by atoms with Crippen molar-refractivity contribution >= 4 is 17.3 Å². The molecule has 0 saturated heterocycles. The quantitative estimate of drug-likeness (QED) is 0.581. The van der Waals surface area contributed by atoms with Gasteiger partial charge in [-0.15, -0.1) is 0 Å². The third kappa shape index (κ3) is 7.71. The molecule has 0 aliphatic heterocycles. The predicted molar refractivity (Wildman–Crippen MR) is 118 cm³/mol. The van der Waals surface area contributed by atoms with Crippen LogP contribution in [0.15, 0.2) is 48.5 Å². The van der Waals surface area contributed by atoms with Crippen LogP contribution in [0, 0.1) is 6.92 Å². The second kappa shape index (κ2) is 11.5. The fourth-order valence-electron chi connectivity index (χ4n) is 3.28. The molecule has 0 radical (unpaired) electrons. The van der Waals surface area contributed by atoms with E-state index in [-0.39, 0.29) is 5.91 Å². The molecule has 0 aliphatic carbocycles. The van der Waals surface area contributed by atoms with Gasteiger partial charge in [-0.25, -0.2) is 0 Å². The van der Waals surface area contributed by atoms with E-state index in [1.807, 2.05) is 55.5 Å². The molecule has 28 heavy (non-hydrogen) atoms. The lowest BCUT2D eigenvalue weighted by atomic mass is 10.2. The summed E-state index contributed by atoms with van der Waals surface area (Å²) in [5.74, 6) is 0.0175. The molecule has 2 aromatic carbocycles. The van der Waals surface area contributed by atoms with E-state index in [9.17, 15) is 4.79 Å². The molecule has 0 aromatic heterocycles.